The van der Waals surface area contributed by atoms with Gasteiger partial charge in [0.2, 0.25) is 0 Å². The fourth-order valence-corrected chi connectivity index (χ4v) is 2.07. The third kappa shape index (κ3) is 2.92. The molecule has 96 valence electrons. The fourth-order valence-electron chi connectivity index (χ4n) is 2.07. The van der Waals surface area contributed by atoms with Gasteiger partial charge < -0.3 is 10.3 Å². The summed E-state index contributed by atoms with van der Waals surface area (Å²) in [4.78, 5) is 15.2. The lowest BCUT2D eigenvalue weighted by Crippen LogP contribution is -2.24. The van der Waals surface area contributed by atoms with E-state index in [1.54, 1.807) is 6.20 Å². The van der Waals surface area contributed by atoms with Crippen molar-refractivity contribution in [3.63, 3.8) is 0 Å². The van der Waals surface area contributed by atoms with Crippen molar-refractivity contribution in [3.05, 3.63) is 36.0 Å². The summed E-state index contributed by atoms with van der Waals surface area (Å²) >= 11 is 0. The molecule has 0 bridgehead atoms. The maximum atomic E-state index is 12.0. The number of H-pyrrole nitrogens is 1. The van der Waals surface area contributed by atoms with E-state index in [9.17, 15) is 4.79 Å². The van der Waals surface area contributed by atoms with Gasteiger partial charge in [-0.05, 0) is 24.8 Å². The third-order valence-electron chi connectivity index (χ3n) is 3.08. The lowest BCUT2D eigenvalue weighted by Gasteiger charge is -2.06. The highest BCUT2D eigenvalue weighted by Gasteiger charge is 2.10. The van der Waals surface area contributed by atoms with E-state index in [-0.39, 0.29) is 5.91 Å². The molecule has 0 fully saturated rings. The minimum absolute atomic E-state index is 0.0104. The number of aromatic nitrogens is 1. The van der Waals surface area contributed by atoms with Gasteiger partial charge >= 0.3 is 0 Å². The maximum Gasteiger partial charge on any atom is 0.253 e. The molecular formula is C15H20N2O. The highest BCUT2D eigenvalue weighted by molar-refractivity contribution is 6.06. The summed E-state index contributed by atoms with van der Waals surface area (Å²) in [6.07, 6.45) is 3.96. The van der Waals surface area contributed by atoms with E-state index in [2.05, 4.69) is 24.1 Å². The van der Waals surface area contributed by atoms with Crippen LogP contribution in [-0.2, 0) is 0 Å². The van der Waals surface area contributed by atoms with Crippen molar-refractivity contribution < 1.29 is 4.79 Å². The number of hydrogen-bond donors (Lipinski definition) is 2. The monoisotopic (exact) mass is 244 g/mol. The summed E-state index contributed by atoms with van der Waals surface area (Å²) in [6, 6.07) is 7.86. The molecule has 0 saturated heterocycles. The van der Waals surface area contributed by atoms with Crippen LogP contribution in [-0.4, -0.2) is 17.4 Å². The highest BCUT2D eigenvalue weighted by Crippen LogP contribution is 2.17. The summed E-state index contributed by atoms with van der Waals surface area (Å²) in [5, 5.41) is 3.96. The molecule has 18 heavy (non-hydrogen) atoms. The molecule has 2 aromatic rings. The first-order valence-electron chi connectivity index (χ1n) is 6.53. The number of carbonyl (C=O) groups is 1. The second-order valence-corrected chi connectivity index (χ2v) is 5.04. The van der Waals surface area contributed by atoms with E-state index in [1.807, 2.05) is 24.3 Å². The first-order chi connectivity index (χ1) is 8.68. The molecule has 2 rings (SSSR count). The molecule has 0 unspecified atom stereocenters. The molecule has 2 N–H and O–H groups in total. The lowest BCUT2D eigenvalue weighted by atomic mass is 10.1. The molecule has 0 saturated carbocycles. The van der Waals surface area contributed by atoms with E-state index >= 15 is 0 Å². The Balaban J connectivity index is 1.97. The van der Waals surface area contributed by atoms with Gasteiger partial charge in [-0.15, -0.1) is 0 Å². The second kappa shape index (κ2) is 5.71. The van der Waals surface area contributed by atoms with Crippen molar-refractivity contribution in [1.29, 1.82) is 0 Å². The Morgan fingerprint density at radius 1 is 1.33 bits per heavy atom. The molecular weight excluding hydrogens is 224 g/mol. The number of benzene rings is 1. The van der Waals surface area contributed by atoms with Gasteiger partial charge in [0.05, 0.1) is 5.56 Å². The van der Waals surface area contributed by atoms with Gasteiger partial charge in [0.1, 0.15) is 0 Å². The molecule has 3 nitrogen and oxygen atoms in total. The number of hydrogen-bond acceptors (Lipinski definition) is 1. The summed E-state index contributed by atoms with van der Waals surface area (Å²) in [7, 11) is 0. The normalized spacial score (nSPS) is 11.1. The van der Waals surface area contributed by atoms with Crippen molar-refractivity contribution in [2.45, 2.75) is 26.7 Å². The van der Waals surface area contributed by atoms with Crippen LogP contribution in [0.5, 0.6) is 0 Å². The van der Waals surface area contributed by atoms with Gasteiger partial charge in [-0.1, -0.05) is 32.0 Å². The van der Waals surface area contributed by atoms with Crippen LogP contribution < -0.4 is 5.32 Å². The Hall–Kier alpha value is -1.77. The number of aromatic amines is 1. The number of para-hydroxylation sites is 1. The number of amides is 1. The largest absolute Gasteiger partial charge is 0.360 e. The van der Waals surface area contributed by atoms with Crippen molar-refractivity contribution in [2.24, 2.45) is 5.92 Å². The summed E-state index contributed by atoms with van der Waals surface area (Å²) in [6.45, 7) is 5.14. The zero-order valence-electron chi connectivity index (χ0n) is 11.0. The Bertz CT molecular complexity index is 528. The second-order valence-electron chi connectivity index (χ2n) is 5.04. The van der Waals surface area contributed by atoms with E-state index in [0.717, 1.165) is 35.9 Å². The predicted molar refractivity (Wildman–Crippen MR) is 74.7 cm³/mol. The number of carbonyl (C=O) groups excluding carboxylic acids is 1. The van der Waals surface area contributed by atoms with E-state index < -0.39 is 0 Å². The summed E-state index contributed by atoms with van der Waals surface area (Å²) in [5.41, 5.74) is 1.74. The minimum atomic E-state index is 0.0104. The Morgan fingerprint density at radius 2 is 2.11 bits per heavy atom. The van der Waals surface area contributed by atoms with Crippen LogP contribution in [0.1, 0.15) is 37.0 Å². The standard InChI is InChI=1S/C15H20N2O/c1-11(2)6-5-9-16-15(18)13-10-17-14-8-4-3-7-12(13)14/h3-4,7-8,10-11,17H,5-6,9H2,1-2H3,(H,16,18). The van der Waals surface area contributed by atoms with Crippen LogP contribution in [0.25, 0.3) is 10.9 Å². The van der Waals surface area contributed by atoms with Gasteiger partial charge in [0.25, 0.3) is 5.91 Å². The highest BCUT2D eigenvalue weighted by atomic mass is 16.1. The molecule has 1 aromatic carbocycles. The third-order valence-corrected chi connectivity index (χ3v) is 3.08. The molecule has 0 spiro atoms. The van der Waals surface area contributed by atoms with Gasteiger partial charge in [0, 0.05) is 23.6 Å². The SMILES string of the molecule is CC(C)CCCNC(=O)c1c[nH]c2ccccc12. The van der Waals surface area contributed by atoms with Crippen molar-refractivity contribution in [2.75, 3.05) is 6.54 Å². The molecule has 0 aliphatic carbocycles. The van der Waals surface area contributed by atoms with Crippen LogP contribution in [0.3, 0.4) is 0 Å². The summed E-state index contributed by atoms with van der Waals surface area (Å²) in [5.74, 6) is 0.700. The van der Waals surface area contributed by atoms with Crippen LogP contribution in [0, 0.1) is 5.92 Å². The van der Waals surface area contributed by atoms with E-state index in [1.165, 1.54) is 0 Å². The number of nitrogens with one attached hydrogen (secondary N) is 2. The van der Waals surface area contributed by atoms with Crippen molar-refractivity contribution in [1.82, 2.24) is 10.3 Å². The first-order valence-corrected chi connectivity index (χ1v) is 6.53. The zero-order chi connectivity index (χ0) is 13.0. The average molecular weight is 244 g/mol. The van der Waals surface area contributed by atoms with Gasteiger partial charge in [-0.2, -0.15) is 0 Å². The Kier molecular flexibility index (Phi) is 4.03. The smallest absolute Gasteiger partial charge is 0.253 e. The van der Waals surface area contributed by atoms with Crippen LogP contribution in [0.4, 0.5) is 0 Å². The molecule has 0 aliphatic heterocycles. The first kappa shape index (κ1) is 12.7. The van der Waals surface area contributed by atoms with Crippen LogP contribution >= 0.6 is 0 Å². The molecule has 1 heterocycles. The lowest BCUT2D eigenvalue weighted by molar-refractivity contribution is 0.0954. The molecule has 3 heteroatoms. The number of fused-ring (bicyclic) bond motifs is 1. The molecule has 0 aliphatic rings. The Morgan fingerprint density at radius 3 is 2.89 bits per heavy atom. The maximum absolute atomic E-state index is 12.0. The van der Waals surface area contributed by atoms with E-state index in [0.29, 0.717) is 5.92 Å². The fraction of sp³-hybridized carbons (Fsp3) is 0.400. The van der Waals surface area contributed by atoms with Gasteiger partial charge in [-0.3, -0.25) is 4.79 Å². The predicted octanol–water partition coefficient (Wildman–Crippen LogP) is 3.33. The zero-order valence-corrected chi connectivity index (χ0v) is 11.0. The van der Waals surface area contributed by atoms with Crippen LogP contribution in [0.15, 0.2) is 30.5 Å². The summed E-state index contributed by atoms with van der Waals surface area (Å²) < 4.78 is 0. The average Bonchev–Trinajstić information content (AvgIpc) is 2.78. The molecule has 1 aromatic heterocycles. The molecule has 1 amide bonds. The molecule has 0 radical (unpaired) electrons. The van der Waals surface area contributed by atoms with Crippen LogP contribution in [0.2, 0.25) is 0 Å². The van der Waals surface area contributed by atoms with Crippen molar-refractivity contribution >= 4 is 16.8 Å². The molecule has 0 atom stereocenters. The van der Waals surface area contributed by atoms with Gasteiger partial charge in [0.15, 0.2) is 0 Å². The van der Waals surface area contributed by atoms with Gasteiger partial charge in [-0.25, -0.2) is 0 Å². The Labute approximate surface area is 108 Å². The van der Waals surface area contributed by atoms with Crippen molar-refractivity contribution in [3.8, 4) is 0 Å². The topological polar surface area (TPSA) is 44.9 Å². The number of rotatable bonds is 5. The van der Waals surface area contributed by atoms with E-state index in [4.69, 9.17) is 0 Å². The quantitative estimate of drug-likeness (QED) is 0.778. The minimum Gasteiger partial charge on any atom is -0.360 e.